The number of amides is 1. The van der Waals surface area contributed by atoms with Gasteiger partial charge in [0.25, 0.3) is 0 Å². The summed E-state index contributed by atoms with van der Waals surface area (Å²) < 4.78 is 4.96. The van der Waals surface area contributed by atoms with Crippen LogP contribution in [0.1, 0.15) is 25.7 Å². The Labute approximate surface area is 112 Å². The number of hydrogen-bond donors (Lipinski definition) is 3. The Balaban J connectivity index is 2.12. The Kier molecular flexibility index (Phi) is 3.95. The van der Waals surface area contributed by atoms with Gasteiger partial charge in [-0.15, -0.1) is 0 Å². The number of carbonyl (C=O) groups is 1. The number of aromatic hydroxyl groups is 1. The molecular weight excluding hydrogens is 244 g/mol. The van der Waals surface area contributed by atoms with Gasteiger partial charge < -0.3 is 20.9 Å². The molecule has 0 bridgehead atoms. The van der Waals surface area contributed by atoms with Gasteiger partial charge in [-0.25, -0.2) is 0 Å². The van der Waals surface area contributed by atoms with E-state index in [-0.39, 0.29) is 11.7 Å². The molecule has 0 spiro atoms. The van der Waals surface area contributed by atoms with E-state index in [1.807, 2.05) is 0 Å². The second kappa shape index (κ2) is 5.48. The lowest BCUT2D eigenvalue weighted by Crippen LogP contribution is -2.40. The third-order valence-corrected chi connectivity index (χ3v) is 3.87. The molecule has 4 N–H and O–H groups in total. The summed E-state index contributed by atoms with van der Waals surface area (Å²) in [6.07, 6.45) is 3.74. The van der Waals surface area contributed by atoms with Crippen molar-refractivity contribution in [1.82, 2.24) is 0 Å². The minimum Gasteiger partial charge on any atom is -0.504 e. The molecule has 1 aromatic carbocycles. The molecule has 104 valence electrons. The normalized spacial score (nSPS) is 17.2. The number of ether oxygens (including phenoxy) is 1. The third-order valence-electron chi connectivity index (χ3n) is 3.87. The Hall–Kier alpha value is -1.75. The quantitative estimate of drug-likeness (QED) is 0.775. The molecule has 1 aliphatic rings. The van der Waals surface area contributed by atoms with E-state index in [9.17, 15) is 9.90 Å². The van der Waals surface area contributed by atoms with Crippen molar-refractivity contribution in [2.75, 3.05) is 19.0 Å². The predicted octanol–water partition coefficient (Wildman–Crippen LogP) is 1.86. The van der Waals surface area contributed by atoms with Crippen molar-refractivity contribution >= 4 is 11.6 Å². The molecular formula is C14H20N2O3. The molecule has 0 atom stereocenters. The predicted molar refractivity (Wildman–Crippen MR) is 73.2 cm³/mol. The first-order valence-electron chi connectivity index (χ1n) is 6.50. The van der Waals surface area contributed by atoms with Gasteiger partial charge in [-0.1, -0.05) is 12.8 Å². The smallest absolute Gasteiger partial charge is 0.231 e. The molecule has 0 aliphatic heterocycles. The molecule has 0 saturated heterocycles. The second-order valence-corrected chi connectivity index (χ2v) is 5.03. The maximum atomic E-state index is 12.3. The highest BCUT2D eigenvalue weighted by atomic mass is 16.5. The summed E-state index contributed by atoms with van der Waals surface area (Å²) in [4.78, 5) is 12.3. The van der Waals surface area contributed by atoms with Crippen LogP contribution in [0.25, 0.3) is 0 Å². The van der Waals surface area contributed by atoms with Gasteiger partial charge in [0.05, 0.1) is 12.5 Å². The fourth-order valence-electron chi connectivity index (χ4n) is 2.61. The van der Waals surface area contributed by atoms with Crippen molar-refractivity contribution in [1.29, 1.82) is 0 Å². The second-order valence-electron chi connectivity index (χ2n) is 5.03. The van der Waals surface area contributed by atoms with Crippen molar-refractivity contribution in [3.8, 4) is 11.5 Å². The number of benzene rings is 1. The number of rotatable bonds is 4. The van der Waals surface area contributed by atoms with Crippen molar-refractivity contribution in [2.45, 2.75) is 25.7 Å². The molecule has 1 fully saturated rings. The molecule has 1 aromatic rings. The highest BCUT2D eigenvalue weighted by Crippen LogP contribution is 2.38. The van der Waals surface area contributed by atoms with Crippen LogP contribution in [-0.2, 0) is 4.79 Å². The minimum atomic E-state index is -0.449. The first kappa shape index (κ1) is 13.7. The summed E-state index contributed by atoms with van der Waals surface area (Å²) in [7, 11) is 1.48. The van der Waals surface area contributed by atoms with Crippen LogP contribution in [0, 0.1) is 5.41 Å². The van der Waals surface area contributed by atoms with E-state index < -0.39 is 5.41 Å². The first-order valence-corrected chi connectivity index (χ1v) is 6.50. The summed E-state index contributed by atoms with van der Waals surface area (Å²) in [6.45, 7) is 0.362. The number of phenols is 1. The molecule has 2 rings (SSSR count). The van der Waals surface area contributed by atoms with Gasteiger partial charge in [-0.3, -0.25) is 4.79 Å². The zero-order valence-electron chi connectivity index (χ0n) is 11.1. The first-order chi connectivity index (χ1) is 9.11. The van der Waals surface area contributed by atoms with Gasteiger partial charge in [0.15, 0.2) is 11.5 Å². The van der Waals surface area contributed by atoms with Crippen molar-refractivity contribution < 1.29 is 14.6 Å². The zero-order valence-corrected chi connectivity index (χ0v) is 11.1. The Morgan fingerprint density at radius 1 is 1.47 bits per heavy atom. The molecule has 1 saturated carbocycles. The van der Waals surface area contributed by atoms with E-state index >= 15 is 0 Å². The van der Waals surface area contributed by atoms with Gasteiger partial charge >= 0.3 is 0 Å². The Bertz CT molecular complexity index is 468. The monoisotopic (exact) mass is 264 g/mol. The number of hydrogen-bond acceptors (Lipinski definition) is 4. The maximum Gasteiger partial charge on any atom is 0.231 e. The summed E-state index contributed by atoms with van der Waals surface area (Å²) in [5.41, 5.74) is 5.88. The van der Waals surface area contributed by atoms with Crippen molar-refractivity contribution in [3.05, 3.63) is 18.2 Å². The number of nitrogens with two attached hydrogens (primary N) is 1. The average Bonchev–Trinajstić information content (AvgIpc) is 2.89. The van der Waals surface area contributed by atoms with E-state index in [2.05, 4.69) is 5.32 Å². The summed E-state index contributed by atoms with van der Waals surface area (Å²) in [5, 5.41) is 12.5. The number of nitrogens with one attached hydrogen (secondary N) is 1. The summed E-state index contributed by atoms with van der Waals surface area (Å²) in [5.74, 6) is 0.331. The lowest BCUT2D eigenvalue weighted by atomic mass is 9.85. The van der Waals surface area contributed by atoms with Crippen LogP contribution in [0.2, 0.25) is 0 Å². The van der Waals surface area contributed by atoms with Gasteiger partial charge in [-0.2, -0.15) is 0 Å². The minimum absolute atomic E-state index is 0.00789. The molecule has 5 nitrogen and oxygen atoms in total. The largest absolute Gasteiger partial charge is 0.504 e. The summed E-state index contributed by atoms with van der Waals surface area (Å²) in [6, 6.07) is 4.81. The number of carbonyl (C=O) groups excluding carboxylic acids is 1. The topological polar surface area (TPSA) is 84.6 Å². The molecule has 1 aliphatic carbocycles. The number of methoxy groups -OCH3 is 1. The van der Waals surface area contributed by atoms with Crippen LogP contribution in [-0.4, -0.2) is 24.7 Å². The highest BCUT2D eigenvalue weighted by Gasteiger charge is 2.39. The number of phenolic OH excluding ortho intramolecular Hbond substituents is 1. The fourth-order valence-corrected chi connectivity index (χ4v) is 2.61. The Morgan fingerprint density at radius 2 is 2.16 bits per heavy atom. The molecule has 0 aromatic heterocycles. The van der Waals surface area contributed by atoms with E-state index in [1.165, 1.54) is 13.2 Å². The summed E-state index contributed by atoms with van der Waals surface area (Å²) >= 11 is 0. The Morgan fingerprint density at radius 3 is 2.68 bits per heavy atom. The van der Waals surface area contributed by atoms with Crippen molar-refractivity contribution in [3.63, 3.8) is 0 Å². The van der Waals surface area contributed by atoms with Crippen LogP contribution in [0.3, 0.4) is 0 Å². The average molecular weight is 264 g/mol. The standard InChI is InChI=1S/C14H20N2O3/c1-19-12-5-4-10(8-11(12)17)16-13(18)14(9-15)6-2-3-7-14/h4-5,8,17H,2-3,6-7,9,15H2,1H3,(H,16,18). The van der Waals surface area contributed by atoms with E-state index in [0.29, 0.717) is 18.0 Å². The van der Waals surface area contributed by atoms with Gasteiger partial charge in [0.1, 0.15) is 0 Å². The molecule has 0 heterocycles. The maximum absolute atomic E-state index is 12.3. The molecule has 0 unspecified atom stereocenters. The lowest BCUT2D eigenvalue weighted by molar-refractivity contribution is -0.124. The highest BCUT2D eigenvalue weighted by molar-refractivity contribution is 5.96. The van der Waals surface area contributed by atoms with E-state index in [4.69, 9.17) is 10.5 Å². The van der Waals surface area contributed by atoms with Crippen LogP contribution in [0.4, 0.5) is 5.69 Å². The number of anilines is 1. The van der Waals surface area contributed by atoms with Crippen molar-refractivity contribution in [2.24, 2.45) is 11.1 Å². The SMILES string of the molecule is COc1ccc(NC(=O)C2(CN)CCCC2)cc1O. The fraction of sp³-hybridized carbons (Fsp3) is 0.500. The molecule has 19 heavy (non-hydrogen) atoms. The lowest BCUT2D eigenvalue weighted by Gasteiger charge is -2.25. The zero-order chi connectivity index (χ0) is 13.9. The van der Waals surface area contributed by atoms with Gasteiger partial charge in [0, 0.05) is 18.3 Å². The van der Waals surface area contributed by atoms with Gasteiger partial charge in [-0.05, 0) is 25.0 Å². The van der Waals surface area contributed by atoms with Crippen LogP contribution in [0.15, 0.2) is 18.2 Å². The molecule has 0 radical (unpaired) electrons. The third kappa shape index (κ3) is 2.66. The van der Waals surface area contributed by atoms with Gasteiger partial charge in [0.2, 0.25) is 5.91 Å². The molecule has 5 heteroatoms. The van der Waals surface area contributed by atoms with Crippen LogP contribution in [0.5, 0.6) is 11.5 Å². The van der Waals surface area contributed by atoms with Crippen LogP contribution >= 0.6 is 0 Å². The van der Waals surface area contributed by atoms with Crippen LogP contribution < -0.4 is 15.8 Å². The molecule has 1 amide bonds. The van der Waals surface area contributed by atoms with E-state index in [0.717, 1.165) is 25.7 Å². The van der Waals surface area contributed by atoms with E-state index in [1.54, 1.807) is 12.1 Å².